The number of aromatic nitrogens is 2. The van der Waals surface area contributed by atoms with E-state index >= 15 is 8.78 Å². The van der Waals surface area contributed by atoms with Gasteiger partial charge in [-0.15, -0.1) is 0 Å². The molecule has 0 spiro atoms. The Labute approximate surface area is 292 Å². The Morgan fingerprint density at radius 3 is 2.00 bits per heavy atom. The predicted octanol–water partition coefficient (Wildman–Crippen LogP) is 11.7. The van der Waals surface area contributed by atoms with Gasteiger partial charge in [0.25, 0.3) is 5.95 Å². The van der Waals surface area contributed by atoms with Gasteiger partial charge in [0, 0.05) is 23.5 Å². The first-order valence-corrected chi connectivity index (χ1v) is 16.8. The number of hydrogen-bond donors (Lipinski definition) is 0. The highest BCUT2D eigenvalue weighted by Crippen LogP contribution is 2.48. The van der Waals surface area contributed by atoms with Crippen LogP contribution >= 0.6 is 0 Å². The van der Waals surface area contributed by atoms with Crippen molar-refractivity contribution < 1.29 is 13.5 Å². The molecular formula is C43H40F2N4O. The number of hydrogen-bond acceptors (Lipinski definition) is 5. The Morgan fingerprint density at radius 1 is 0.600 bits per heavy atom. The minimum absolute atomic E-state index is 0.0373. The quantitative estimate of drug-likeness (QED) is 0.166. The average molecular weight is 667 g/mol. The molecule has 2 aromatic heterocycles. The van der Waals surface area contributed by atoms with Gasteiger partial charge in [-0.05, 0) is 76.1 Å². The van der Waals surface area contributed by atoms with E-state index in [1.54, 1.807) is 18.3 Å². The van der Waals surface area contributed by atoms with Crippen LogP contribution in [0, 0.1) is 11.9 Å². The van der Waals surface area contributed by atoms with Crippen molar-refractivity contribution >= 4 is 22.7 Å². The SMILES string of the molecule is CC(C)(C)c1ccnc(-c2cc(Oc3cccc(N4CN(c5cc(C(C)(C)C)ccc5-c5ccccc5)c5ccccc54)c3)c(F)nc2F)c1. The number of ether oxygens (including phenoxy) is 1. The van der Waals surface area contributed by atoms with Crippen molar-refractivity contribution in [2.75, 3.05) is 16.5 Å². The van der Waals surface area contributed by atoms with Crippen LogP contribution in [-0.2, 0) is 10.8 Å². The van der Waals surface area contributed by atoms with Gasteiger partial charge in [-0.2, -0.15) is 13.8 Å². The molecule has 252 valence electrons. The van der Waals surface area contributed by atoms with Crippen LogP contribution in [0.1, 0.15) is 52.7 Å². The zero-order valence-electron chi connectivity index (χ0n) is 29.2. The molecule has 0 fully saturated rings. The van der Waals surface area contributed by atoms with Gasteiger partial charge in [0.15, 0.2) is 5.75 Å². The number of pyridine rings is 2. The van der Waals surface area contributed by atoms with Gasteiger partial charge in [0.1, 0.15) is 12.4 Å². The molecular weight excluding hydrogens is 626 g/mol. The second-order valence-corrected chi connectivity index (χ2v) is 14.7. The third-order valence-electron chi connectivity index (χ3n) is 9.14. The molecule has 6 aromatic rings. The van der Waals surface area contributed by atoms with Crippen molar-refractivity contribution in [2.45, 2.75) is 52.4 Å². The molecule has 0 N–H and O–H groups in total. The number of anilines is 4. The van der Waals surface area contributed by atoms with Gasteiger partial charge in [0.2, 0.25) is 5.95 Å². The number of rotatable bonds is 6. The molecule has 7 rings (SSSR count). The summed E-state index contributed by atoms with van der Waals surface area (Å²) in [5.41, 5.74) is 8.80. The van der Waals surface area contributed by atoms with Crippen LogP contribution < -0.4 is 14.5 Å². The van der Waals surface area contributed by atoms with Gasteiger partial charge < -0.3 is 14.5 Å². The first kappa shape index (κ1) is 33.0. The monoisotopic (exact) mass is 666 g/mol. The summed E-state index contributed by atoms with van der Waals surface area (Å²) in [6.07, 6.45) is 1.63. The molecule has 1 aliphatic rings. The van der Waals surface area contributed by atoms with Crippen LogP contribution in [0.4, 0.5) is 31.5 Å². The zero-order chi connectivity index (χ0) is 35.2. The molecule has 0 radical (unpaired) electrons. The Balaban J connectivity index is 1.24. The lowest BCUT2D eigenvalue weighted by Crippen LogP contribution is -2.25. The van der Waals surface area contributed by atoms with E-state index < -0.39 is 11.9 Å². The fourth-order valence-electron chi connectivity index (χ4n) is 6.31. The predicted molar refractivity (Wildman–Crippen MR) is 199 cm³/mol. The maximum Gasteiger partial charge on any atom is 0.258 e. The molecule has 0 amide bonds. The van der Waals surface area contributed by atoms with E-state index in [1.807, 2.05) is 36.4 Å². The van der Waals surface area contributed by atoms with Crippen molar-refractivity contribution in [1.29, 1.82) is 0 Å². The van der Waals surface area contributed by atoms with Crippen molar-refractivity contribution in [3.8, 4) is 33.9 Å². The molecule has 0 unspecified atom stereocenters. The number of nitrogens with zero attached hydrogens (tertiary/aromatic N) is 4. The van der Waals surface area contributed by atoms with Crippen LogP contribution in [0.5, 0.6) is 11.5 Å². The molecule has 0 bridgehead atoms. The lowest BCUT2D eigenvalue weighted by molar-refractivity contribution is 0.416. The van der Waals surface area contributed by atoms with Crippen molar-refractivity contribution in [1.82, 2.24) is 9.97 Å². The summed E-state index contributed by atoms with van der Waals surface area (Å²) in [7, 11) is 0. The first-order chi connectivity index (χ1) is 23.9. The third-order valence-corrected chi connectivity index (χ3v) is 9.14. The average Bonchev–Trinajstić information content (AvgIpc) is 3.49. The van der Waals surface area contributed by atoms with Gasteiger partial charge in [-0.3, -0.25) is 4.98 Å². The van der Waals surface area contributed by atoms with Gasteiger partial charge in [0.05, 0.1) is 28.3 Å². The third kappa shape index (κ3) is 6.43. The number of benzene rings is 4. The van der Waals surface area contributed by atoms with Crippen molar-refractivity contribution in [3.05, 3.63) is 144 Å². The van der Waals surface area contributed by atoms with E-state index in [0.29, 0.717) is 18.1 Å². The fraction of sp³-hybridized carbons (Fsp3) is 0.209. The molecule has 1 aliphatic heterocycles. The second-order valence-electron chi connectivity index (χ2n) is 14.7. The topological polar surface area (TPSA) is 41.5 Å². The molecule has 0 saturated heterocycles. The van der Waals surface area contributed by atoms with Gasteiger partial charge in [-0.25, -0.2) is 0 Å². The van der Waals surface area contributed by atoms with E-state index in [0.717, 1.165) is 39.4 Å². The van der Waals surface area contributed by atoms with Crippen LogP contribution in [-0.4, -0.2) is 16.6 Å². The highest BCUT2D eigenvalue weighted by molar-refractivity contribution is 5.92. The molecule has 4 aromatic carbocycles. The maximum atomic E-state index is 15.1. The van der Waals surface area contributed by atoms with E-state index in [4.69, 9.17) is 4.74 Å². The van der Waals surface area contributed by atoms with Gasteiger partial charge >= 0.3 is 0 Å². The summed E-state index contributed by atoms with van der Waals surface area (Å²) in [6.45, 7) is 13.4. The Morgan fingerprint density at radius 2 is 1.28 bits per heavy atom. The highest BCUT2D eigenvalue weighted by atomic mass is 19.1. The van der Waals surface area contributed by atoms with Crippen LogP contribution in [0.15, 0.2) is 121 Å². The first-order valence-electron chi connectivity index (χ1n) is 16.8. The molecule has 0 saturated carbocycles. The number of para-hydroxylation sites is 2. The van der Waals surface area contributed by atoms with E-state index in [9.17, 15) is 0 Å². The smallest absolute Gasteiger partial charge is 0.258 e. The highest BCUT2D eigenvalue weighted by Gasteiger charge is 2.31. The fourth-order valence-corrected chi connectivity index (χ4v) is 6.31. The summed E-state index contributed by atoms with van der Waals surface area (Å²) >= 11 is 0. The summed E-state index contributed by atoms with van der Waals surface area (Å²) < 4.78 is 36.2. The summed E-state index contributed by atoms with van der Waals surface area (Å²) in [5.74, 6) is -1.76. The largest absolute Gasteiger partial charge is 0.452 e. The Kier molecular flexibility index (Phi) is 8.38. The minimum atomic E-state index is -1.03. The summed E-state index contributed by atoms with van der Waals surface area (Å²) in [4.78, 5) is 12.5. The maximum absolute atomic E-state index is 15.1. The Hall–Kier alpha value is -5.56. The summed E-state index contributed by atoms with van der Waals surface area (Å²) in [5, 5.41) is 0. The van der Waals surface area contributed by atoms with Crippen LogP contribution in [0.2, 0.25) is 0 Å². The lowest BCUT2D eigenvalue weighted by atomic mass is 9.85. The van der Waals surface area contributed by atoms with Crippen molar-refractivity contribution in [3.63, 3.8) is 0 Å². The normalized spacial score (nSPS) is 13.0. The van der Waals surface area contributed by atoms with Crippen LogP contribution in [0.3, 0.4) is 0 Å². The van der Waals surface area contributed by atoms with Crippen LogP contribution in [0.25, 0.3) is 22.4 Å². The number of fused-ring (bicyclic) bond motifs is 1. The molecule has 50 heavy (non-hydrogen) atoms. The zero-order valence-corrected chi connectivity index (χ0v) is 29.2. The second kappa shape index (κ2) is 12.7. The molecule has 0 atom stereocenters. The van der Waals surface area contributed by atoms with E-state index in [1.165, 1.54) is 11.6 Å². The minimum Gasteiger partial charge on any atom is -0.452 e. The van der Waals surface area contributed by atoms with Crippen molar-refractivity contribution in [2.24, 2.45) is 0 Å². The lowest BCUT2D eigenvalue weighted by Gasteiger charge is -2.27. The number of halogens is 2. The summed E-state index contributed by atoms with van der Waals surface area (Å²) in [6, 6.07) is 38.0. The van der Waals surface area contributed by atoms with Gasteiger partial charge in [-0.1, -0.05) is 102 Å². The Bertz CT molecular complexity index is 2190. The molecule has 5 nitrogen and oxygen atoms in total. The molecule has 0 aliphatic carbocycles. The van der Waals surface area contributed by atoms with E-state index in [-0.39, 0.29) is 22.1 Å². The molecule has 3 heterocycles. The van der Waals surface area contributed by atoms with E-state index in [2.05, 4.69) is 122 Å². The standard InChI is InChI=1S/C43H40F2N4O/c1-42(2,3)29-19-20-33(28-13-8-7-9-14-28)38(24-29)49-27-48(36-17-10-11-18-37(36)49)31-15-12-16-32(25-31)50-39-26-34(40(44)47-41(39)45)35-23-30(21-22-46-35)43(4,5)6/h7-26H,27H2,1-6H3. The molecule has 7 heteroatoms.